The summed E-state index contributed by atoms with van der Waals surface area (Å²) in [6.45, 7) is 0.582. The molecule has 23 heavy (non-hydrogen) atoms. The van der Waals surface area contributed by atoms with Crippen LogP contribution in [0, 0.1) is 0 Å². The molecule has 2 aromatic rings. The zero-order valence-electron chi connectivity index (χ0n) is 13.5. The van der Waals surface area contributed by atoms with Crippen molar-refractivity contribution in [3.63, 3.8) is 0 Å². The van der Waals surface area contributed by atoms with Crippen LogP contribution in [-0.4, -0.2) is 29.0 Å². The fourth-order valence-electron chi connectivity index (χ4n) is 3.67. The van der Waals surface area contributed by atoms with Crippen LogP contribution in [0.1, 0.15) is 30.4 Å². The lowest BCUT2D eigenvalue weighted by Gasteiger charge is -2.30. The quantitative estimate of drug-likeness (QED) is 0.856. The maximum absolute atomic E-state index is 5.91. The van der Waals surface area contributed by atoms with Crippen LogP contribution in [0.25, 0.3) is 5.57 Å². The molecule has 0 N–H and O–H groups in total. The number of rotatable bonds is 4. The lowest BCUT2D eigenvalue weighted by Crippen LogP contribution is -2.34. The Bertz CT molecular complexity index is 711. The number of benzene rings is 1. The Morgan fingerprint density at radius 1 is 1.17 bits per heavy atom. The third kappa shape index (κ3) is 3.02. The lowest BCUT2D eigenvalue weighted by molar-refractivity contribution is 0.264. The molecule has 1 fully saturated rings. The number of likely N-dealkylation sites (N-methyl/N-ethyl adjacent to an activating group) is 1. The van der Waals surface area contributed by atoms with E-state index >= 15 is 0 Å². The van der Waals surface area contributed by atoms with Gasteiger partial charge >= 0.3 is 0 Å². The van der Waals surface area contributed by atoms with Crippen molar-refractivity contribution in [3.05, 3.63) is 66.0 Å². The van der Waals surface area contributed by atoms with Crippen LogP contribution in [0.3, 0.4) is 0 Å². The highest BCUT2D eigenvalue weighted by Crippen LogP contribution is 2.37. The van der Waals surface area contributed by atoms with Crippen molar-refractivity contribution in [2.75, 3.05) is 7.05 Å². The smallest absolute Gasteiger partial charge is 0.138 e. The minimum absolute atomic E-state index is 0.582. The van der Waals surface area contributed by atoms with Crippen LogP contribution in [0.2, 0.25) is 0 Å². The van der Waals surface area contributed by atoms with Crippen LogP contribution < -0.4 is 4.74 Å². The fourth-order valence-corrected chi connectivity index (χ4v) is 3.67. The number of pyridine rings is 1. The summed E-state index contributed by atoms with van der Waals surface area (Å²) in [5.74, 6) is 0.846. The van der Waals surface area contributed by atoms with E-state index in [0.29, 0.717) is 18.7 Å². The summed E-state index contributed by atoms with van der Waals surface area (Å²) in [4.78, 5) is 6.89. The van der Waals surface area contributed by atoms with E-state index in [0.717, 1.165) is 12.2 Å². The fraction of sp³-hybridized carbons (Fsp3) is 0.350. The van der Waals surface area contributed by atoms with Crippen LogP contribution in [0.15, 0.2) is 54.9 Å². The van der Waals surface area contributed by atoms with Crippen LogP contribution >= 0.6 is 0 Å². The van der Waals surface area contributed by atoms with E-state index < -0.39 is 0 Å². The van der Waals surface area contributed by atoms with Crippen molar-refractivity contribution in [3.8, 4) is 5.75 Å². The van der Waals surface area contributed by atoms with Crippen molar-refractivity contribution in [1.29, 1.82) is 0 Å². The van der Waals surface area contributed by atoms with Crippen molar-refractivity contribution in [2.24, 2.45) is 0 Å². The van der Waals surface area contributed by atoms with Gasteiger partial charge in [0.25, 0.3) is 0 Å². The minimum Gasteiger partial charge on any atom is -0.487 e. The Balaban J connectivity index is 1.50. The molecule has 2 bridgehead atoms. The molecule has 3 heteroatoms. The summed E-state index contributed by atoms with van der Waals surface area (Å²) in [5.41, 5.74) is 3.81. The number of hydrogen-bond donors (Lipinski definition) is 0. The number of aromatic nitrogens is 1. The number of ether oxygens (including phenoxy) is 1. The molecule has 118 valence electrons. The summed E-state index contributed by atoms with van der Waals surface area (Å²) in [5, 5.41) is 0. The second kappa shape index (κ2) is 6.17. The maximum atomic E-state index is 5.91. The maximum Gasteiger partial charge on any atom is 0.138 e. The molecule has 0 amide bonds. The molecule has 1 saturated heterocycles. The molecule has 2 aliphatic rings. The van der Waals surface area contributed by atoms with Crippen molar-refractivity contribution >= 4 is 5.57 Å². The van der Waals surface area contributed by atoms with E-state index in [2.05, 4.69) is 41.2 Å². The van der Waals surface area contributed by atoms with Gasteiger partial charge in [-0.05, 0) is 49.1 Å². The molecule has 4 rings (SSSR count). The van der Waals surface area contributed by atoms with E-state index in [1.165, 1.54) is 29.5 Å². The second-order valence-corrected chi connectivity index (χ2v) is 6.54. The van der Waals surface area contributed by atoms with Gasteiger partial charge in [0.2, 0.25) is 0 Å². The summed E-state index contributed by atoms with van der Waals surface area (Å²) in [6, 6.07) is 13.7. The van der Waals surface area contributed by atoms with Gasteiger partial charge in [0.15, 0.2) is 0 Å². The molecule has 0 saturated carbocycles. The Labute approximate surface area is 137 Å². The van der Waals surface area contributed by atoms with Crippen molar-refractivity contribution < 1.29 is 4.74 Å². The molecular formula is C20H22N2O. The van der Waals surface area contributed by atoms with Gasteiger partial charge in [-0.2, -0.15) is 0 Å². The van der Waals surface area contributed by atoms with E-state index in [-0.39, 0.29) is 0 Å². The van der Waals surface area contributed by atoms with Gasteiger partial charge in [0.05, 0.1) is 6.20 Å². The van der Waals surface area contributed by atoms with Gasteiger partial charge in [-0.15, -0.1) is 0 Å². The molecule has 1 aromatic heterocycles. The van der Waals surface area contributed by atoms with Crippen LogP contribution in [-0.2, 0) is 6.61 Å². The first-order valence-electron chi connectivity index (χ1n) is 8.34. The highest BCUT2D eigenvalue weighted by Gasteiger charge is 2.33. The van der Waals surface area contributed by atoms with Gasteiger partial charge in [0, 0.05) is 18.3 Å². The third-order valence-corrected chi connectivity index (χ3v) is 5.08. The lowest BCUT2D eigenvalue weighted by atomic mass is 9.96. The predicted octanol–water partition coefficient (Wildman–Crippen LogP) is 3.91. The Hall–Kier alpha value is -2.13. The summed E-state index contributed by atoms with van der Waals surface area (Å²) in [7, 11) is 2.24. The average Bonchev–Trinajstić information content (AvgIpc) is 2.82. The first-order chi connectivity index (χ1) is 11.3. The van der Waals surface area contributed by atoms with Gasteiger partial charge in [-0.25, -0.2) is 0 Å². The molecule has 2 aliphatic heterocycles. The first kappa shape index (κ1) is 14.5. The zero-order valence-corrected chi connectivity index (χ0v) is 13.5. The van der Waals surface area contributed by atoms with E-state index in [4.69, 9.17) is 4.74 Å². The molecule has 3 heterocycles. The minimum atomic E-state index is 0.582. The van der Waals surface area contributed by atoms with Gasteiger partial charge in [-0.3, -0.25) is 9.88 Å². The summed E-state index contributed by atoms with van der Waals surface area (Å²) in [6.07, 6.45) is 9.89. The summed E-state index contributed by atoms with van der Waals surface area (Å²) < 4.78 is 5.91. The third-order valence-electron chi connectivity index (χ3n) is 5.08. The van der Waals surface area contributed by atoms with Gasteiger partial charge in [0.1, 0.15) is 12.4 Å². The molecule has 0 spiro atoms. The Kier molecular flexibility index (Phi) is 3.88. The standard InChI is InChI=1S/C20H22N2O/c1-22-18-7-8-19(22)10-16(9-18)17-11-20(13-21-12-17)23-14-15-5-3-2-4-6-15/h2-6,9,11-13,18-19H,7-8,10,14H2,1H3. The molecule has 2 unspecified atom stereocenters. The largest absolute Gasteiger partial charge is 0.487 e. The highest BCUT2D eigenvalue weighted by atomic mass is 16.5. The van der Waals surface area contributed by atoms with Crippen LogP contribution in [0.4, 0.5) is 0 Å². The Morgan fingerprint density at radius 3 is 2.87 bits per heavy atom. The SMILES string of the molecule is CN1C2C=C(c3cncc(OCc4ccccc4)c3)CC1CC2. The molecule has 2 atom stereocenters. The molecular weight excluding hydrogens is 284 g/mol. The first-order valence-corrected chi connectivity index (χ1v) is 8.34. The normalized spacial score (nSPS) is 23.6. The molecule has 0 aliphatic carbocycles. The summed E-state index contributed by atoms with van der Waals surface area (Å²) >= 11 is 0. The van der Waals surface area contributed by atoms with E-state index in [1.54, 1.807) is 6.20 Å². The molecule has 3 nitrogen and oxygen atoms in total. The highest BCUT2D eigenvalue weighted by molar-refractivity contribution is 5.68. The monoisotopic (exact) mass is 306 g/mol. The van der Waals surface area contributed by atoms with Crippen molar-refractivity contribution in [2.45, 2.75) is 38.0 Å². The Morgan fingerprint density at radius 2 is 2.04 bits per heavy atom. The average molecular weight is 306 g/mol. The molecule has 1 aromatic carbocycles. The number of nitrogens with zero attached hydrogens (tertiary/aromatic N) is 2. The second-order valence-electron chi connectivity index (χ2n) is 6.54. The van der Waals surface area contributed by atoms with Crippen molar-refractivity contribution in [1.82, 2.24) is 9.88 Å². The van der Waals surface area contributed by atoms with Gasteiger partial charge < -0.3 is 4.74 Å². The molecule has 0 radical (unpaired) electrons. The topological polar surface area (TPSA) is 25.4 Å². The predicted molar refractivity (Wildman–Crippen MR) is 92.2 cm³/mol. The zero-order chi connectivity index (χ0) is 15.6. The van der Waals surface area contributed by atoms with E-state index in [1.807, 2.05) is 24.4 Å². The van der Waals surface area contributed by atoms with E-state index in [9.17, 15) is 0 Å². The number of fused-ring (bicyclic) bond motifs is 2. The van der Waals surface area contributed by atoms with Gasteiger partial charge in [-0.1, -0.05) is 36.4 Å². The van der Waals surface area contributed by atoms with Crippen LogP contribution in [0.5, 0.6) is 5.75 Å². The number of hydrogen-bond acceptors (Lipinski definition) is 3.